The molecule has 3 saturated carbocycles. The van der Waals surface area contributed by atoms with E-state index in [2.05, 4.69) is 29.2 Å². The van der Waals surface area contributed by atoms with E-state index in [1.165, 1.54) is 36.2 Å². The van der Waals surface area contributed by atoms with Crippen LogP contribution in [-0.2, 0) is 20.0 Å². The molecule has 3 heteroatoms. The molecule has 0 heterocycles. The standard InChI is InChI=1S/C18H33P.Ag.ClH/c1-4-10-16(11-5-1)19(17-12-6-2-7-13-17)18-14-8-3-9-15-18;;/h16-18H,1-15H2;;1H/q;+1;/p-1. The second-order valence-electron chi connectivity index (χ2n) is 7.32. The van der Waals surface area contributed by atoms with Crippen LogP contribution in [0.1, 0.15) is 96.3 Å². The second-order valence-corrected chi connectivity index (χ2v) is 10.4. The molecule has 0 atom stereocenters. The van der Waals surface area contributed by atoms with Gasteiger partial charge in [-0.25, -0.2) is 0 Å². The number of hydrogen-bond acceptors (Lipinski definition) is 0. The summed E-state index contributed by atoms with van der Waals surface area (Å²) in [5.74, 6) is 0. The molecule has 0 aromatic heterocycles. The topological polar surface area (TPSA) is 0 Å². The van der Waals surface area contributed by atoms with Gasteiger partial charge in [0.15, 0.2) is 0 Å². The van der Waals surface area contributed by atoms with Crippen LogP contribution in [0.25, 0.3) is 0 Å². The van der Waals surface area contributed by atoms with E-state index in [1.807, 2.05) is 0 Å². The molecule has 0 saturated heterocycles. The van der Waals surface area contributed by atoms with E-state index in [0.29, 0.717) is 7.92 Å². The Morgan fingerprint density at radius 3 is 0.952 bits per heavy atom. The van der Waals surface area contributed by atoms with Crippen molar-refractivity contribution in [3.63, 3.8) is 0 Å². The minimum atomic E-state index is 0.385. The fraction of sp³-hybridized carbons (Fsp3) is 1.00. The molecule has 0 aromatic carbocycles. The van der Waals surface area contributed by atoms with Gasteiger partial charge in [-0.15, -0.1) is 0 Å². The van der Waals surface area contributed by atoms with Gasteiger partial charge in [-0.05, 0) is 55.5 Å². The van der Waals surface area contributed by atoms with Gasteiger partial charge in [0.25, 0.3) is 0 Å². The zero-order chi connectivity index (χ0) is 14.9. The van der Waals surface area contributed by atoms with Crippen molar-refractivity contribution in [3.05, 3.63) is 0 Å². The molecule has 21 heavy (non-hydrogen) atoms. The average Bonchev–Trinajstić information content (AvgIpc) is 2.60. The molecule has 0 amide bonds. The van der Waals surface area contributed by atoms with Crippen molar-refractivity contribution in [3.8, 4) is 0 Å². The van der Waals surface area contributed by atoms with Gasteiger partial charge >= 0.3 is 29.2 Å². The third kappa shape index (κ3) is 5.79. The van der Waals surface area contributed by atoms with Crippen molar-refractivity contribution < 1.29 is 20.0 Å². The number of halogens is 1. The first-order valence-electron chi connectivity index (χ1n) is 9.34. The van der Waals surface area contributed by atoms with Crippen molar-refractivity contribution in [2.45, 2.75) is 113 Å². The van der Waals surface area contributed by atoms with Crippen LogP contribution < -0.4 is 0 Å². The Morgan fingerprint density at radius 2 is 0.714 bits per heavy atom. The fourth-order valence-corrected chi connectivity index (χ4v) is 9.71. The van der Waals surface area contributed by atoms with Crippen molar-refractivity contribution in [1.82, 2.24) is 0 Å². The molecule has 3 rings (SSSR count). The molecule has 0 nitrogen and oxygen atoms in total. The predicted octanol–water partition coefficient (Wildman–Crippen LogP) is 7.15. The van der Waals surface area contributed by atoms with Crippen molar-refractivity contribution in [2.24, 2.45) is 0 Å². The Morgan fingerprint density at radius 1 is 0.476 bits per heavy atom. The first-order chi connectivity index (χ1) is 10.4. The van der Waals surface area contributed by atoms with Crippen LogP contribution in [-0.4, -0.2) is 17.0 Å². The van der Waals surface area contributed by atoms with Crippen LogP contribution in [0.5, 0.6) is 0 Å². The first-order valence-corrected chi connectivity index (χ1v) is 12.8. The zero-order valence-corrected chi connectivity index (χ0v) is 16.6. The van der Waals surface area contributed by atoms with E-state index in [9.17, 15) is 0 Å². The molecule has 0 bridgehead atoms. The molecule has 0 aliphatic heterocycles. The maximum atomic E-state index is 4.45. The van der Waals surface area contributed by atoms with Crippen LogP contribution in [0.15, 0.2) is 0 Å². The van der Waals surface area contributed by atoms with Gasteiger partial charge in [-0.1, -0.05) is 65.7 Å². The van der Waals surface area contributed by atoms with Gasteiger partial charge in [0, 0.05) is 0 Å². The van der Waals surface area contributed by atoms with E-state index < -0.39 is 0 Å². The van der Waals surface area contributed by atoms with Crippen LogP contribution in [0.2, 0.25) is 0 Å². The molecule has 3 aliphatic carbocycles. The van der Waals surface area contributed by atoms with Gasteiger partial charge in [0.05, 0.1) is 0 Å². The summed E-state index contributed by atoms with van der Waals surface area (Å²) in [6, 6.07) is 0. The third-order valence-corrected chi connectivity index (χ3v) is 10.1. The molecule has 3 fully saturated rings. The summed E-state index contributed by atoms with van der Waals surface area (Å²) < 4.78 is 0. The fourth-order valence-electron chi connectivity index (χ4n) is 5.03. The van der Waals surface area contributed by atoms with Gasteiger partial charge in [0.1, 0.15) is 0 Å². The Labute approximate surface area is 150 Å². The van der Waals surface area contributed by atoms with Crippen LogP contribution in [0.4, 0.5) is 0 Å². The van der Waals surface area contributed by atoms with E-state index in [4.69, 9.17) is 0 Å². The van der Waals surface area contributed by atoms with E-state index in [0.717, 1.165) is 0 Å². The first kappa shape index (κ1) is 18.8. The summed E-state index contributed by atoms with van der Waals surface area (Å²) in [4.78, 5) is 0. The molecule has 0 aromatic rings. The van der Waals surface area contributed by atoms with E-state index in [-0.39, 0.29) is 0 Å². The van der Waals surface area contributed by atoms with Crippen LogP contribution >= 0.6 is 17.1 Å². The zero-order valence-electron chi connectivity index (χ0n) is 13.5. The molecule has 0 unspecified atom stereocenters. The van der Waals surface area contributed by atoms with Crippen molar-refractivity contribution in [1.29, 1.82) is 0 Å². The van der Waals surface area contributed by atoms with E-state index >= 15 is 0 Å². The average molecular weight is 424 g/mol. The Balaban J connectivity index is 0.000000774. The summed E-state index contributed by atoms with van der Waals surface area (Å²) in [5.41, 5.74) is 3.57. The maximum absolute atomic E-state index is 4.45. The minimum absolute atomic E-state index is 0.385. The number of rotatable bonds is 3. The predicted molar refractivity (Wildman–Crippen MR) is 93.4 cm³/mol. The Hall–Kier alpha value is 1.46. The summed E-state index contributed by atoms with van der Waals surface area (Å²) in [7, 11) is 4.83. The Kier molecular flexibility index (Phi) is 9.93. The van der Waals surface area contributed by atoms with Crippen LogP contribution in [0, 0.1) is 0 Å². The third-order valence-electron chi connectivity index (χ3n) is 5.99. The molecular weight excluding hydrogens is 390 g/mol. The van der Waals surface area contributed by atoms with Gasteiger partial charge in [-0.3, -0.25) is 0 Å². The SMILES string of the molecule is C1CCC(P(C2CCCCC2)C2CCCCC2)CC1.[Cl][Ag]. The molecule has 3 aliphatic rings. The number of hydrogen-bond donors (Lipinski definition) is 0. The van der Waals surface area contributed by atoms with E-state index in [1.54, 1.807) is 77.0 Å². The summed E-state index contributed by atoms with van der Waals surface area (Å²) in [5, 5.41) is 0. The summed E-state index contributed by atoms with van der Waals surface area (Å²) >= 11 is 2.42. The van der Waals surface area contributed by atoms with Crippen molar-refractivity contribution >= 4 is 17.1 Å². The Bertz CT molecular complexity index is 213. The monoisotopic (exact) mass is 422 g/mol. The van der Waals surface area contributed by atoms with Gasteiger partial charge in [-0.2, -0.15) is 0 Å². The molecule has 0 spiro atoms. The normalized spacial score (nSPS) is 26.5. The van der Waals surface area contributed by atoms with Crippen molar-refractivity contribution in [2.75, 3.05) is 0 Å². The van der Waals surface area contributed by atoms with Gasteiger partial charge in [0.2, 0.25) is 0 Å². The van der Waals surface area contributed by atoms with Crippen LogP contribution in [0.3, 0.4) is 0 Å². The summed E-state index contributed by atoms with van der Waals surface area (Å²) in [6.45, 7) is 0. The second kappa shape index (κ2) is 11.1. The summed E-state index contributed by atoms with van der Waals surface area (Å²) in [6.07, 6.45) is 23.6. The molecule has 0 N–H and O–H groups in total. The molecular formula is C18H33AgClP. The van der Waals surface area contributed by atoms with Gasteiger partial charge < -0.3 is 0 Å². The molecule has 128 valence electrons. The molecule has 0 radical (unpaired) electrons. The quantitative estimate of drug-likeness (QED) is 0.334.